The minimum atomic E-state index is 0.0445. The number of aromatic nitrogens is 2. The molecule has 4 nitrogen and oxygen atoms in total. The predicted octanol–water partition coefficient (Wildman–Crippen LogP) is 3.06. The first kappa shape index (κ1) is 14.8. The molecule has 0 aliphatic heterocycles. The van der Waals surface area contributed by atoms with Gasteiger partial charge in [0.25, 0.3) is 0 Å². The van der Waals surface area contributed by atoms with Crippen LogP contribution < -0.4 is 5.73 Å². The summed E-state index contributed by atoms with van der Waals surface area (Å²) in [6.07, 6.45) is 1.15. The number of nitrogen functional groups attached to an aromatic ring is 1. The lowest BCUT2D eigenvalue weighted by atomic mass is 10.0. The molecule has 0 spiro atoms. The number of rotatable bonds is 4. The minimum Gasteiger partial charge on any atom is -0.398 e. The number of carbonyl (C=O) groups excluding carboxylic acids is 1. The number of nitrogens with zero attached hydrogens (tertiary/aromatic N) is 2. The monoisotopic (exact) mass is 335 g/mol. The van der Waals surface area contributed by atoms with Gasteiger partial charge in [-0.3, -0.25) is 9.48 Å². The molecule has 0 bridgehead atoms. The topological polar surface area (TPSA) is 60.9 Å². The fourth-order valence-electron chi connectivity index (χ4n) is 2.08. The summed E-state index contributed by atoms with van der Waals surface area (Å²) in [7, 11) is 1.86. The third kappa shape index (κ3) is 2.77. The highest BCUT2D eigenvalue weighted by Crippen LogP contribution is 2.23. The van der Waals surface area contributed by atoms with Crippen molar-refractivity contribution in [2.75, 3.05) is 5.73 Å². The van der Waals surface area contributed by atoms with Gasteiger partial charge in [0.15, 0.2) is 5.78 Å². The van der Waals surface area contributed by atoms with E-state index in [1.54, 1.807) is 10.7 Å². The number of anilines is 1. The summed E-state index contributed by atoms with van der Waals surface area (Å²) >= 11 is 3.53. The number of hydrogen-bond acceptors (Lipinski definition) is 3. The third-order valence-electron chi connectivity index (χ3n) is 3.43. The van der Waals surface area contributed by atoms with Crippen LogP contribution in [0.2, 0.25) is 0 Å². The second-order valence-corrected chi connectivity index (χ2v) is 5.65. The molecular formula is C15H18BrN3O. The molecule has 106 valence electrons. The van der Waals surface area contributed by atoms with Crippen LogP contribution in [0.3, 0.4) is 0 Å². The van der Waals surface area contributed by atoms with Crippen LogP contribution in [0.15, 0.2) is 22.7 Å². The Morgan fingerprint density at radius 3 is 2.70 bits per heavy atom. The lowest BCUT2D eigenvalue weighted by molar-refractivity contribution is 0.0990. The Bertz CT molecular complexity index is 661. The van der Waals surface area contributed by atoms with Gasteiger partial charge in [0.05, 0.1) is 22.3 Å². The van der Waals surface area contributed by atoms with Crippen LogP contribution in [0.5, 0.6) is 0 Å². The fourth-order valence-corrected chi connectivity index (χ4v) is 2.84. The quantitative estimate of drug-likeness (QED) is 0.689. The van der Waals surface area contributed by atoms with Gasteiger partial charge in [0.2, 0.25) is 0 Å². The van der Waals surface area contributed by atoms with Crippen molar-refractivity contribution >= 4 is 27.4 Å². The molecule has 0 aliphatic carbocycles. The molecule has 2 rings (SSSR count). The van der Waals surface area contributed by atoms with Gasteiger partial charge in [-0.15, -0.1) is 0 Å². The highest BCUT2D eigenvalue weighted by atomic mass is 79.9. The van der Waals surface area contributed by atoms with E-state index in [1.807, 2.05) is 33.0 Å². The van der Waals surface area contributed by atoms with E-state index < -0.39 is 0 Å². The van der Waals surface area contributed by atoms with Gasteiger partial charge in [0, 0.05) is 18.3 Å². The highest BCUT2D eigenvalue weighted by molar-refractivity contribution is 9.10. The lowest BCUT2D eigenvalue weighted by Gasteiger charge is -2.05. The zero-order valence-corrected chi connectivity index (χ0v) is 13.5. The van der Waals surface area contributed by atoms with Crippen LogP contribution in [-0.4, -0.2) is 15.6 Å². The Morgan fingerprint density at radius 2 is 2.15 bits per heavy atom. The Morgan fingerprint density at radius 1 is 1.45 bits per heavy atom. The second-order valence-electron chi connectivity index (χ2n) is 4.86. The number of carbonyl (C=O) groups is 1. The van der Waals surface area contributed by atoms with Gasteiger partial charge >= 0.3 is 0 Å². The molecular weight excluding hydrogens is 318 g/mol. The van der Waals surface area contributed by atoms with Crippen molar-refractivity contribution in [1.29, 1.82) is 0 Å². The zero-order valence-electron chi connectivity index (χ0n) is 11.9. The van der Waals surface area contributed by atoms with Gasteiger partial charge in [0.1, 0.15) is 0 Å². The summed E-state index contributed by atoms with van der Waals surface area (Å²) in [5.74, 6) is 0.0445. The molecule has 20 heavy (non-hydrogen) atoms. The average molecular weight is 336 g/mol. The van der Waals surface area contributed by atoms with Crippen LogP contribution in [0.1, 0.15) is 34.2 Å². The predicted molar refractivity (Wildman–Crippen MR) is 83.9 cm³/mol. The molecule has 0 fully saturated rings. The summed E-state index contributed by atoms with van der Waals surface area (Å²) in [6.45, 7) is 3.97. The summed E-state index contributed by atoms with van der Waals surface area (Å²) in [5.41, 5.74) is 9.99. The number of nitrogens with two attached hydrogens (primary N) is 1. The highest BCUT2D eigenvalue weighted by Gasteiger charge is 2.17. The van der Waals surface area contributed by atoms with Crippen molar-refractivity contribution in [3.05, 3.63) is 45.2 Å². The number of halogens is 1. The molecule has 0 amide bonds. The molecule has 0 saturated heterocycles. The SMILES string of the molecule is CCc1nn(C)c(CC(=O)c2ccc(C)c(N)c2)c1Br. The largest absolute Gasteiger partial charge is 0.398 e. The maximum absolute atomic E-state index is 12.4. The zero-order chi connectivity index (χ0) is 14.9. The normalized spacial score (nSPS) is 10.8. The van der Waals surface area contributed by atoms with Crippen molar-refractivity contribution in [2.45, 2.75) is 26.7 Å². The molecule has 0 saturated carbocycles. The third-order valence-corrected chi connectivity index (χ3v) is 4.35. The Kier molecular flexibility index (Phi) is 4.28. The molecule has 0 aliphatic rings. The summed E-state index contributed by atoms with van der Waals surface area (Å²) < 4.78 is 2.69. The van der Waals surface area contributed by atoms with Crippen molar-refractivity contribution in [1.82, 2.24) is 9.78 Å². The number of benzene rings is 1. The van der Waals surface area contributed by atoms with Crippen LogP contribution in [-0.2, 0) is 19.9 Å². The maximum atomic E-state index is 12.4. The van der Waals surface area contributed by atoms with Crippen LogP contribution in [0.25, 0.3) is 0 Å². The molecule has 1 aromatic carbocycles. The summed E-state index contributed by atoms with van der Waals surface area (Å²) in [5, 5.41) is 4.40. The number of Topliss-reactive ketones (excluding diaryl/α,β-unsaturated/α-hetero) is 1. The molecule has 5 heteroatoms. The Balaban J connectivity index is 2.28. The minimum absolute atomic E-state index is 0.0445. The first-order chi connectivity index (χ1) is 9.43. The van der Waals surface area contributed by atoms with Crippen molar-refractivity contribution < 1.29 is 4.79 Å². The number of aryl methyl sites for hydroxylation is 3. The Hall–Kier alpha value is -1.62. The molecule has 1 aromatic heterocycles. The second kappa shape index (κ2) is 5.79. The standard InChI is InChI=1S/C15H18BrN3O/c1-4-12-15(16)13(19(3)18-12)8-14(20)10-6-5-9(2)11(17)7-10/h5-7H,4,8,17H2,1-3H3. The number of hydrogen-bond donors (Lipinski definition) is 1. The average Bonchev–Trinajstić information content (AvgIpc) is 2.69. The van der Waals surface area contributed by atoms with E-state index in [1.165, 1.54) is 0 Å². The lowest BCUT2D eigenvalue weighted by Crippen LogP contribution is -2.09. The fraction of sp³-hybridized carbons (Fsp3) is 0.333. The van der Waals surface area contributed by atoms with Gasteiger partial charge < -0.3 is 5.73 Å². The van der Waals surface area contributed by atoms with Gasteiger partial charge in [-0.1, -0.05) is 19.1 Å². The van der Waals surface area contributed by atoms with Crippen LogP contribution in [0.4, 0.5) is 5.69 Å². The molecule has 2 aromatic rings. The first-order valence-electron chi connectivity index (χ1n) is 6.53. The van der Waals surface area contributed by atoms with E-state index in [4.69, 9.17) is 5.73 Å². The molecule has 0 radical (unpaired) electrons. The van der Waals surface area contributed by atoms with E-state index in [2.05, 4.69) is 21.0 Å². The maximum Gasteiger partial charge on any atom is 0.168 e. The van der Waals surface area contributed by atoms with Crippen molar-refractivity contribution in [3.8, 4) is 0 Å². The van der Waals surface area contributed by atoms with E-state index in [0.717, 1.165) is 27.8 Å². The number of ketones is 1. The van der Waals surface area contributed by atoms with E-state index in [9.17, 15) is 4.79 Å². The van der Waals surface area contributed by atoms with E-state index in [0.29, 0.717) is 17.7 Å². The molecule has 2 N–H and O–H groups in total. The Labute approximate surface area is 127 Å². The summed E-state index contributed by atoms with van der Waals surface area (Å²) in [6, 6.07) is 5.43. The van der Waals surface area contributed by atoms with Gasteiger partial charge in [-0.2, -0.15) is 5.10 Å². The molecule has 0 unspecified atom stereocenters. The van der Waals surface area contributed by atoms with Crippen molar-refractivity contribution in [2.24, 2.45) is 7.05 Å². The van der Waals surface area contributed by atoms with E-state index in [-0.39, 0.29) is 5.78 Å². The van der Waals surface area contributed by atoms with Gasteiger partial charge in [-0.05, 0) is 40.9 Å². The van der Waals surface area contributed by atoms with Crippen molar-refractivity contribution in [3.63, 3.8) is 0 Å². The van der Waals surface area contributed by atoms with Gasteiger partial charge in [-0.25, -0.2) is 0 Å². The van der Waals surface area contributed by atoms with E-state index >= 15 is 0 Å². The summed E-state index contributed by atoms with van der Waals surface area (Å²) in [4.78, 5) is 12.4. The van der Waals surface area contributed by atoms with Crippen LogP contribution >= 0.6 is 15.9 Å². The molecule has 0 atom stereocenters. The first-order valence-corrected chi connectivity index (χ1v) is 7.33. The molecule has 1 heterocycles. The van der Waals surface area contributed by atoms with Crippen LogP contribution in [0, 0.1) is 6.92 Å². The smallest absolute Gasteiger partial charge is 0.168 e.